The molecule has 0 unspecified atom stereocenters. The van der Waals surface area contributed by atoms with Gasteiger partial charge in [0, 0.05) is 13.1 Å². The van der Waals surface area contributed by atoms with Crippen molar-refractivity contribution in [3.05, 3.63) is 59.7 Å². The molecule has 0 aliphatic carbocycles. The molecule has 2 aliphatic heterocycles. The Morgan fingerprint density at radius 1 is 0.559 bits per heavy atom. The molecule has 0 atom stereocenters. The molecule has 34 heavy (non-hydrogen) atoms. The lowest BCUT2D eigenvalue weighted by Crippen LogP contribution is -2.33. The minimum atomic E-state index is 0.764. The van der Waals surface area contributed by atoms with Crippen molar-refractivity contribution in [2.75, 3.05) is 52.5 Å². The summed E-state index contributed by atoms with van der Waals surface area (Å²) in [4.78, 5) is 5.03. The Morgan fingerprint density at radius 3 is 1.26 bits per heavy atom. The summed E-state index contributed by atoms with van der Waals surface area (Å²) in [6.07, 6.45) is 8.06. The molecule has 4 nitrogen and oxygen atoms in total. The quantitative estimate of drug-likeness (QED) is 0.383. The van der Waals surface area contributed by atoms with Gasteiger partial charge < -0.3 is 9.47 Å². The molecule has 0 spiro atoms. The summed E-state index contributed by atoms with van der Waals surface area (Å²) in [7, 11) is 0. The summed E-state index contributed by atoms with van der Waals surface area (Å²) < 4.78 is 12.0. The second-order valence-corrected chi connectivity index (χ2v) is 9.80. The van der Waals surface area contributed by atoms with Crippen molar-refractivity contribution in [3.8, 4) is 11.5 Å². The molecule has 4 rings (SSSR count). The number of rotatable bonds is 10. The summed E-state index contributed by atoms with van der Waals surface area (Å²) in [6.45, 7) is 12.9. The van der Waals surface area contributed by atoms with Crippen LogP contribution in [0.3, 0.4) is 0 Å². The highest BCUT2D eigenvalue weighted by Crippen LogP contribution is 2.28. The first kappa shape index (κ1) is 24.8. The number of nitrogens with zero attached hydrogens (tertiary/aromatic N) is 2. The van der Waals surface area contributed by atoms with Crippen LogP contribution in [0.25, 0.3) is 11.1 Å². The second kappa shape index (κ2) is 13.0. The maximum atomic E-state index is 6.00. The van der Waals surface area contributed by atoms with E-state index in [2.05, 4.69) is 72.2 Å². The molecule has 2 saturated heterocycles. The van der Waals surface area contributed by atoms with Crippen LogP contribution in [-0.2, 0) is 0 Å². The number of allylic oxidation sites excluding steroid dienone is 2. The van der Waals surface area contributed by atoms with E-state index in [-0.39, 0.29) is 0 Å². The van der Waals surface area contributed by atoms with E-state index in [1.165, 1.54) is 87.0 Å². The van der Waals surface area contributed by atoms with Gasteiger partial charge in [-0.2, -0.15) is 0 Å². The van der Waals surface area contributed by atoms with E-state index in [4.69, 9.17) is 9.47 Å². The van der Waals surface area contributed by atoms with Crippen molar-refractivity contribution in [3.63, 3.8) is 0 Å². The Hall–Kier alpha value is -2.30. The van der Waals surface area contributed by atoms with Gasteiger partial charge in [-0.1, -0.05) is 37.1 Å². The van der Waals surface area contributed by atoms with Crippen LogP contribution in [0.5, 0.6) is 11.5 Å². The van der Waals surface area contributed by atoms with Crippen LogP contribution >= 0.6 is 0 Å². The maximum Gasteiger partial charge on any atom is 0.119 e. The minimum Gasteiger partial charge on any atom is -0.492 e. The predicted octanol–water partition coefficient (Wildman–Crippen LogP) is 6.37. The Labute approximate surface area is 206 Å². The molecule has 2 aromatic carbocycles. The third-order valence-corrected chi connectivity index (χ3v) is 7.39. The third-order valence-electron chi connectivity index (χ3n) is 7.39. The van der Waals surface area contributed by atoms with Crippen molar-refractivity contribution in [2.24, 2.45) is 0 Å². The standard InChI is InChI=1S/C30H42N2O2/c1-25(27-9-13-29(14-10-27)33-23-21-31-17-5-3-6-18-31)26(2)28-11-15-30(16-12-28)34-24-22-32-19-7-4-8-20-32/h9-16H,3-8,17-24H2,1-2H3/b26-25+. The van der Waals surface area contributed by atoms with Crippen LogP contribution in [-0.4, -0.2) is 62.3 Å². The fraction of sp³-hybridized carbons (Fsp3) is 0.533. The summed E-state index contributed by atoms with van der Waals surface area (Å²) >= 11 is 0. The summed E-state index contributed by atoms with van der Waals surface area (Å²) in [5.74, 6) is 1.91. The predicted molar refractivity (Wildman–Crippen MR) is 143 cm³/mol. The lowest BCUT2D eigenvalue weighted by Gasteiger charge is -2.26. The van der Waals surface area contributed by atoms with E-state index in [0.29, 0.717) is 0 Å². The SMILES string of the molecule is C/C(=C(/C)c1ccc(OCCN2CCCCC2)cc1)c1ccc(OCCN2CCCCC2)cc1. The lowest BCUT2D eigenvalue weighted by molar-refractivity contribution is 0.183. The number of ether oxygens (including phenoxy) is 2. The van der Waals surface area contributed by atoms with Crippen LogP contribution in [0.2, 0.25) is 0 Å². The first-order valence-corrected chi connectivity index (χ1v) is 13.3. The second-order valence-electron chi connectivity index (χ2n) is 9.80. The van der Waals surface area contributed by atoms with Crippen molar-refractivity contribution in [1.29, 1.82) is 0 Å². The van der Waals surface area contributed by atoms with Crippen molar-refractivity contribution >= 4 is 11.1 Å². The van der Waals surface area contributed by atoms with Crippen molar-refractivity contribution in [1.82, 2.24) is 9.80 Å². The number of likely N-dealkylation sites (tertiary alicyclic amines) is 2. The molecule has 2 fully saturated rings. The zero-order chi connectivity index (χ0) is 23.6. The highest BCUT2D eigenvalue weighted by Gasteiger charge is 2.11. The van der Waals surface area contributed by atoms with Gasteiger partial charge >= 0.3 is 0 Å². The molecular formula is C30H42N2O2. The number of benzene rings is 2. The zero-order valence-electron chi connectivity index (χ0n) is 21.2. The van der Waals surface area contributed by atoms with Crippen molar-refractivity contribution in [2.45, 2.75) is 52.4 Å². The highest BCUT2D eigenvalue weighted by molar-refractivity contribution is 5.89. The molecule has 184 valence electrons. The van der Waals surface area contributed by atoms with Gasteiger partial charge in [0.15, 0.2) is 0 Å². The van der Waals surface area contributed by atoms with Gasteiger partial charge in [-0.25, -0.2) is 0 Å². The van der Waals surface area contributed by atoms with Crippen LogP contribution in [0.4, 0.5) is 0 Å². The minimum absolute atomic E-state index is 0.764. The molecule has 0 radical (unpaired) electrons. The van der Waals surface area contributed by atoms with Gasteiger partial charge in [0.25, 0.3) is 0 Å². The summed E-state index contributed by atoms with van der Waals surface area (Å²) in [5.41, 5.74) is 5.06. The van der Waals surface area contributed by atoms with E-state index in [0.717, 1.165) is 37.8 Å². The molecule has 0 saturated carbocycles. The molecule has 0 bridgehead atoms. The largest absolute Gasteiger partial charge is 0.492 e. The van der Waals surface area contributed by atoms with Gasteiger partial charge in [-0.05, 0) is 112 Å². The third kappa shape index (κ3) is 7.35. The number of hydrogen-bond acceptors (Lipinski definition) is 4. The zero-order valence-corrected chi connectivity index (χ0v) is 21.2. The molecule has 2 aromatic rings. The average Bonchev–Trinajstić information content (AvgIpc) is 2.90. The van der Waals surface area contributed by atoms with E-state index < -0.39 is 0 Å². The number of piperidine rings is 2. The topological polar surface area (TPSA) is 24.9 Å². The van der Waals surface area contributed by atoms with E-state index >= 15 is 0 Å². The van der Waals surface area contributed by atoms with Gasteiger partial charge in [-0.15, -0.1) is 0 Å². The Kier molecular flexibility index (Phi) is 9.46. The Morgan fingerprint density at radius 2 is 0.912 bits per heavy atom. The van der Waals surface area contributed by atoms with Crippen LogP contribution in [0.1, 0.15) is 63.5 Å². The van der Waals surface area contributed by atoms with E-state index in [1.807, 2.05) is 0 Å². The van der Waals surface area contributed by atoms with Gasteiger partial charge in [0.1, 0.15) is 24.7 Å². The monoisotopic (exact) mass is 462 g/mol. The van der Waals surface area contributed by atoms with Gasteiger partial charge in [0.2, 0.25) is 0 Å². The molecule has 0 amide bonds. The first-order valence-electron chi connectivity index (χ1n) is 13.3. The first-order chi connectivity index (χ1) is 16.7. The molecule has 2 aliphatic rings. The smallest absolute Gasteiger partial charge is 0.119 e. The van der Waals surface area contributed by atoms with Gasteiger partial charge in [-0.3, -0.25) is 9.80 Å². The van der Waals surface area contributed by atoms with Gasteiger partial charge in [0.05, 0.1) is 0 Å². The van der Waals surface area contributed by atoms with Crippen LogP contribution in [0.15, 0.2) is 48.5 Å². The molecule has 0 aromatic heterocycles. The fourth-order valence-corrected chi connectivity index (χ4v) is 4.99. The lowest BCUT2D eigenvalue weighted by atomic mass is 9.97. The molecule has 0 N–H and O–H groups in total. The van der Waals surface area contributed by atoms with Crippen LogP contribution in [0, 0.1) is 0 Å². The Bertz CT molecular complexity index is 817. The normalized spacial score (nSPS) is 18.4. The summed E-state index contributed by atoms with van der Waals surface area (Å²) in [6, 6.07) is 17.1. The van der Waals surface area contributed by atoms with Crippen molar-refractivity contribution < 1.29 is 9.47 Å². The molecule has 4 heteroatoms. The molecule has 2 heterocycles. The maximum absolute atomic E-state index is 6.00. The average molecular weight is 463 g/mol. The van der Waals surface area contributed by atoms with Crippen LogP contribution < -0.4 is 9.47 Å². The fourth-order valence-electron chi connectivity index (χ4n) is 4.99. The van der Waals surface area contributed by atoms with E-state index in [9.17, 15) is 0 Å². The molecular weight excluding hydrogens is 420 g/mol. The highest BCUT2D eigenvalue weighted by atomic mass is 16.5. The Balaban J connectivity index is 1.26. The summed E-state index contributed by atoms with van der Waals surface area (Å²) in [5, 5.41) is 0. The number of hydrogen-bond donors (Lipinski definition) is 0. The van der Waals surface area contributed by atoms with E-state index in [1.54, 1.807) is 0 Å².